The van der Waals surface area contributed by atoms with Crippen LogP contribution in [0.1, 0.15) is 30.7 Å². The van der Waals surface area contributed by atoms with Crippen molar-refractivity contribution in [1.82, 2.24) is 4.31 Å². The van der Waals surface area contributed by atoms with E-state index in [-0.39, 0.29) is 19.0 Å². The van der Waals surface area contributed by atoms with Crippen molar-refractivity contribution in [2.75, 3.05) is 18.1 Å². The Hall–Kier alpha value is -2.12. The van der Waals surface area contributed by atoms with Gasteiger partial charge in [0.1, 0.15) is 5.76 Å². The van der Waals surface area contributed by atoms with Gasteiger partial charge in [-0.2, -0.15) is 4.31 Å². The van der Waals surface area contributed by atoms with Crippen molar-refractivity contribution in [2.24, 2.45) is 0 Å². The van der Waals surface area contributed by atoms with E-state index in [0.717, 1.165) is 40.2 Å². The van der Waals surface area contributed by atoms with Crippen LogP contribution in [0.2, 0.25) is 0 Å². The Morgan fingerprint density at radius 2 is 1.76 bits per heavy atom. The molecule has 0 spiro atoms. The number of hydrogen-bond acceptors (Lipinski definition) is 4. The van der Waals surface area contributed by atoms with Crippen molar-refractivity contribution in [3.8, 4) is 0 Å². The summed E-state index contributed by atoms with van der Waals surface area (Å²) in [7, 11) is -3.55. The first-order valence-corrected chi connectivity index (χ1v) is 10.1. The summed E-state index contributed by atoms with van der Waals surface area (Å²) in [5, 5.41) is 2.89. The van der Waals surface area contributed by atoms with Gasteiger partial charge in [0.15, 0.2) is 0 Å². The number of nitrogens with one attached hydrogen (secondary N) is 1. The van der Waals surface area contributed by atoms with Crippen molar-refractivity contribution < 1.29 is 17.6 Å². The van der Waals surface area contributed by atoms with Gasteiger partial charge in [0.25, 0.3) is 0 Å². The molecule has 0 atom stereocenters. The summed E-state index contributed by atoms with van der Waals surface area (Å²) in [4.78, 5) is 12.5. The second-order valence-corrected chi connectivity index (χ2v) is 7.80. The van der Waals surface area contributed by atoms with Gasteiger partial charge >= 0.3 is 0 Å². The molecule has 0 aliphatic heterocycles. The van der Waals surface area contributed by atoms with Gasteiger partial charge in [0.2, 0.25) is 15.9 Å². The molecular weight excluding hydrogens is 340 g/mol. The van der Waals surface area contributed by atoms with E-state index in [0.29, 0.717) is 5.76 Å². The quantitative estimate of drug-likeness (QED) is 0.781. The normalized spacial score (nSPS) is 11.7. The second-order valence-electron chi connectivity index (χ2n) is 5.82. The number of hydrogen-bond donors (Lipinski definition) is 1. The van der Waals surface area contributed by atoms with Gasteiger partial charge in [-0.15, -0.1) is 0 Å². The number of amides is 1. The summed E-state index contributed by atoms with van der Waals surface area (Å²) in [5.74, 6) is 0.119. The predicted octanol–water partition coefficient (Wildman–Crippen LogP) is 2.80. The highest BCUT2D eigenvalue weighted by Gasteiger charge is 2.22. The Balaban J connectivity index is 2.17. The maximum Gasteiger partial charge on any atom is 0.239 e. The Bertz CT molecular complexity index is 791. The molecule has 25 heavy (non-hydrogen) atoms. The van der Waals surface area contributed by atoms with Gasteiger partial charge < -0.3 is 9.73 Å². The van der Waals surface area contributed by atoms with Crippen LogP contribution in [0.15, 0.2) is 41.0 Å². The fourth-order valence-corrected chi connectivity index (χ4v) is 3.32. The average Bonchev–Trinajstić information content (AvgIpc) is 3.06. The third-order valence-electron chi connectivity index (χ3n) is 3.96. The minimum Gasteiger partial charge on any atom is -0.468 e. The maximum absolute atomic E-state index is 12.5. The molecule has 1 heterocycles. The summed E-state index contributed by atoms with van der Waals surface area (Å²) in [6, 6.07) is 9.25. The van der Waals surface area contributed by atoms with Gasteiger partial charge in [-0.05, 0) is 36.1 Å². The maximum atomic E-state index is 12.5. The molecule has 0 saturated carbocycles. The van der Waals surface area contributed by atoms with Crippen molar-refractivity contribution in [3.63, 3.8) is 0 Å². The molecule has 1 amide bonds. The van der Waals surface area contributed by atoms with E-state index in [9.17, 15) is 13.2 Å². The number of benzene rings is 1. The zero-order valence-electron chi connectivity index (χ0n) is 14.8. The zero-order valence-corrected chi connectivity index (χ0v) is 15.6. The lowest BCUT2D eigenvalue weighted by atomic mass is 10.0. The number of para-hydroxylation sites is 1. The van der Waals surface area contributed by atoms with Crippen molar-refractivity contribution in [1.29, 1.82) is 0 Å². The summed E-state index contributed by atoms with van der Waals surface area (Å²) < 4.78 is 30.3. The molecule has 1 N–H and O–H groups in total. The smallest absolute Gasteiger partial charge is 0.239 e. The predicted molar refractivity (Wildman–Crippen MR) is 97.8 cm³/mol. The fourth-order valence-electron chi connectivity index (χ4n) is 2.61. The third-order valence-corrected chi connectivity index (χ3v) is 5.16. The topological polar surface area (TPSA) is 79.6 Å². The van der Waals surface area contributed by atoms with E-state index in [4.69, 9.17) is 4.42 Å². The second kappa shape index (κ2) is 8.31. The molecule has 0 radical (unpaired) electrons. The van der Waals surface area contributed by atoms with Crippen LogP contribution in [0.5, 0.6) is 0 Å². The lowest BCUT2D eigenvalue weighted by Crippen LogP contribution is -2.37. The van der Waals surface area contributed by atoms with Crippen LogP contribution in [-0.4, -0.2) is 31.4 Å². The molecule has 136 valence electrons. The number of aryl methyl sites for hydroxylation is 2. The number of carbonyl (C=O) groups excluding carboxylic acids is 1. The van der Waals surface area contributed by atoms with Crippen LogP contribution in [0.25, 0.3) is 0 Å². The van der Waals surface area contributed by atoms with Crippen LogP contribution in [0.3, 0.4) is 0 Å². The molecule has 2 aromatic rings. The van der Waals surface area contributed by atoms with Gasteiger partial charge in [0.05, 0.1) is 25.6 Å². The van der Waals surface area contributed by atoms with Crippen LogP contribution in [0.4, 0.5) is 5.69 Å². The average molecular weight is 364 g/mol. The molecule has 1 aromatic carbocycles. The third kappa shape index (κ3) is 5.17. The van der Waals surface area contributed by atoms with Crippen LogP contribution in [-0.2, 0) is 34.2 Å². The van der Waals surface area contributed by atoms with Gasteiger partial charge in [-0.3, -0.25) is 4.79 Å². The molecule has 2 rings (SSSR count). The van der Waals surface area contributed by atoms with E-state index >= 15 is 0 Å². The van der Waals surface area contributed by atoms with E-state index in [1.54, 1.807) is 12.1 Å². The summed E-state index contributed by atoms with van der Waals surface area (Å²) in [6.07, 6.45) is 4.12. The van der Waals surface area contributed by atoms with Gasteiger partial charge in [-0.25, -0.2) is 8.42 Å². The lowest BCUT2D eigenvalue weighted by molar-refractivity contribution is -0.116. The van der Waals surface area contributed by atoms with Gasteiger partial charge in [-0.1, -0.05) is 32.0 Å². The summed E-state index contributed by atoms with van der Waals surface area (Å²) in [5.41, 5.74) is 2.85. The van der Waals surface area contributed by atoms with Crippen LogP contribution < -0.4 is 5.32 Å². The minimum absolute atomic E-state index is 0.0231. The Morgan fingerprint density at radius 3 is 2.24 bits per heavy atom. The van der Waals surface area contributed by atoms with Gasteiger partial charge in [0, 0.05) is 5.69 Å². The van der Waals surface area contributed by atoms with Crippen molar-refractivity contribution in [2.45, 2.75) is 33.2 Å². The summed E-state index contributed by atoms with van der Waals surface area (Å²) in [6.45, 7) is 3.80. The number of rotatable bonds is 8. The molecular formula is C18H24N2O4S. The Labute approximate surface area is 148 Å². The molecule has 0 aliphatic carbocycles. The molecule has 0 saturated heterocycles. The Morgan fingerprint density at radius 1 is 1.12 bits per heavy atom. The number of anilines is 1. The molecule has 0 bridgehead atoms. The number of sulfonamides is 1. The highest BCUT2D eigenvalue weighted by molar-refractivity contribution is 7.88. The van der Waals surface area contributed by atoms with E-state index in [2.05, 4.69) is 5.32 Å². The monoisotopic (exact) mass is 364 g/mol. The molecule has 6 nitrogen and oxygen atoms in total. The standard InChI is InChI=1S/C18H24N2O4S/c1-4-14-8-6-9-15(5-2)18(14)19-17(21)13-20(25(3,22)23)12-16-10-7-11-24-16/h6-11H,4-5,12-13H2,1-3H3,(H,19,21). The van der Waals surface area contributed by atoms with E-state index in [1.807, 2.05) is 32.0 Å². The van der Waals surface area contributed by atoms with Crippen molar-refractivity contribution >= 4 is 21.6 Å². The van der Waals surface area contributed by atoms with E-state index in [1.165, 1.54) is 6.26 Å². The highest BCUT2D eigenvalue weighted by atomic mass is 32.2. The first-order valence-electron chi connectivity index (χ1n) is 8.23. The summed E-state index contributed by atoms with van der Waals surface area (Å²) >= 11 is 0. The molecule has 0 fully saturated rings. The largest absolute Gasteiger partial charge is 0.468 e. The first-order chi connectivity index (χ1) is 11.8. The molecule has 0 unspecified atom stereocenters. The molecule has 0 aliphatic rings. The zero-order chi connectivity index (χ0) is 18.4. The van der Waals surface area contributed by atoms with Crippen LogP contribution >= 0.6 is 0 Å². The number of carbonyl (C=O) groups is 1. The highest BCUT2D eigenvalue weighted by Crippen LogP contribution is 2.22. The molecule has 1 aromatic heterocycles. The fraction of sp³-hybridized carbons (Fsp3) is 0.389. The molecule has 7 heteroatoms. The number of furan rings is 1. The van der Waals surface area contributed by atoms with Crippen molar-refractivity contribution in [3.05, 3.63) is 53.5 Å². The number of nitrogens with zero attached hydrogens (tertiary/aromatic N) is 1. The van der Waals surface area contributed by atoms with E-state index < -0.39 is 10.0 Å². The lowest BCUT2D eigenvalue weighted by Gasteiger charge is -2.20. The first kappa shape index (κ1) is 19.2. The SMILES string of the molecule is CCc1cccc(CC)c1NC(=O)CN(Cc1ccco1)S(C)(=O)=O. The Kier molecular flexibility index (Phi) is 6.39. The van der Waals surface area contributed by atoms with Crippen LogP contribution in [0, 0.1) is 0 Å². The minimum atomic E-state index is -3.55.